The summed E-state index contributed by atoms with van der Waals surface area (Å²) in [5, 5.41) is 0. The number of aryl methyl sites for hydroxylation is 2. The molecule has 0 saturated heterocycles. The van der Waals surface area contributed by atoms with Crippen LogP contribution in [0, 0.1) is 0 Å². The van der Waals surface area contributed by atoms with Crippen molar-refractivity contribution in [3.63, 3.8) is 0 Å². The van der Waals surface area contributed by atoms with Crippen LogP contribution in [0.2, 0.25) is 0 Å². The maximum absolute atomic E-state index is 7.49. The molecule has 0 N–H and O–H groups in total. The lowest BCUT2D eigenvalue weighted by molar-refractivity contribution is 0.0290. The van der Waals surface area contributed by atoms with E-state index < -0.39 is 0 Å². The maximum atomic E-state index is 7.49. The molecule has 6 rings (SSSR count). The molecule has 0 aliphatic heterocycles. The first kappa shape index (κ1) is 46.0. The third-order valence-corrected chi connectivity index (χ3v) is 13.1. The van der Waals surface area contributed by atoms with E-state index in [4.69, 9.17) is 24.7 Å². The minimum atomic E-state index is -0.263. The van der Waals surface area contributed by atoms with Crippen molar-refractivity contribution in [3.8, 4) is 0 Å². The van der Waals surface area contributed by atoms with E-state index in [9.17, 15) is 0 Å². The second-order valence-corrected chi connectivity index (χ2v) is 17.9. The Labute approximate surface area is 369 Å². The van der Waals surface area contributed by atoms with Gasteiger partial charge in [0.15, 0.2) is 0 Å². The van der Waals surface area contributed by atoms with Crippen LogP contribution in [0.25, 0.3) is 0 Å². The summed E-state index contributed by atoms with van der Waals surface area (Å²) < 4.78 is 7.49. The zero-order valence-corrected chi connectivity index (χ0v) is 38.0. The van der Waals surface area contributed by atoms with Crippen LogP contribution in [-0.2, 0) is 28.4 Å². The zero-order chi connectivity index (χ0) is 42.6. The molecule has 4 unspecified atom stereocenters. The molecule has 2 heterocycles. The largest absolute Gasteiger partial charge is 0.356 e. The van der Waals surface area contributed by atoms with Gasteiger partial charge in [-0.05, 0) is 84.8 Å². The van der Waals surface area contributed by atoms with Gasteiger partial charge in [-0.1, -0.05) is 202 Å². The summed E-state index contributed by atoms with van der Waals surface area (Å²) in [4.78, 5) is 20.2. The van der Waals surface area contributed by atoms with Crippen molar-refractivity contribution in [1.82, 2.24) is 19.9 Å². The van der Waals surface area contributed by atoms with Crippen molar-refractivity contribution in [2.24, 2.45) is 0 Å². The Hall–Kier alpha value is -4.48. The number of hydrogen-bond acceptors (Lipinski definition) is 5. The number of unbranched alkanes of at least 4 members (excludes halogenated alkanes) is 10. The molecule has 5 heteroatoms. The minimum absolute atomic E-state index is 0.232. The van der Waals surface area contributed by atoms with Crippen LogP contribution in [-0.4, -0.2) is 19.9 Å². The van der Waals surface area contributed by atoms with E-state index in [1.807, 2.05) is 0 Å². The number of aromatic nitrogens is 4. The van der Waals surface area contributed by atoms with Gasteiger partial charge in [0.05, 0.1) is 10.8 Å². The molecule has 0 fully saturated rings. The van der Waals surface area contributed by atoms with Crippen molar-refractivity contribution in [3.05, 3.63) is 167 Å². The van der Waals surface area contributed by atoms with Gasteiger partial charge in [-0.15, -0.1) is 0 Å². The Balaban J connectivity index is 1.28. The third kappa shape index (κ3) is 12.8. The quantitative estimate of drug-likeness (QED) is 0.0591. The number of allylic oxidation sites excluding steroid dienone is 4. The number of benzene rings is 2. The van der Waals surface area contributed by atoms with Crippen LogP contribution in [0.4, 0.5) is 0 Å². The molecular weight excluding hydrogens is 745 g/mol. The molecule has 4 atom stereocenters. The lowest BCUT2D eigenvalue weighted by atomic mass is 9.74. The van der Waals surface area contributed by atoms with E-state index in [-0.39, 0.29) is 23.0 Å². The van der Waals surface area contributed by atoms with E-state index in [1.54, 1.807) is 0 Å². The molecule has 0 bridgehead atoms. The van der Waals surface area contributed by atoms with Gasteiger partial charge in [-0.2, -0.15) is 0 Å². The van der Waals surface area contributed by atoms with Crippen LogP contribution < -0.4 is 0 Å². The molecule has 5 nitrogen and oxygen atoms in total. The van der Waals surface area contributed by atoms with Gasteiger partial charge in [-0.25, -0.2) is 19.9 Å². The van der Waals surface area contributed by atoms with E-state index in [2.05, 4.69) is 150 Å². The van der Waals surface area contributed by atoms with Gasteiger partial charge in [0.2, 0.25) is 0 Å². The van der Waals surface area contributed by atoms with Crippen LogP contribution in [0.5, 0.6) is 0 Å². The molecule has 2 aromatic heterocycles. The molecule has 0 radical (unpaired) electrons. The molecular formula is C56H74N4O. The fraction of sp³-hybridized carbons (Fsp3) is 0.500. The van der Waals surface area contributed by atoms with Crippen LogP contribution >= 0.6 is 0 Å². The van der Waals surface area contributed by atoms with Crippen LogP contribution in [0.3, 0.4) is 0 Å². The smallest absolute Gasteiger partial charge is 0.138 e. The Morgan fingerprint density at radius 1 is 0.475 bits per heavy atom. The van der Waals surface area contributed by atoms with Crippen molar-refractivity contribution >= 4 is 0 Å². The number of ether oxygens (including phenoxy) is 1. The number of rotatable bonds is 26. The summed E-state index contributed by atoms with van der Waals surface area (Å²) in [5.74, 6) is 1.88. The summed E-state index contributed by atoms with van der Waals surface area (Å²) in [7, 11) is 0. The Kier molecular flexibility index (Phi) is 18.3. The molecule has 2 aromatic carbocycles. The molecule has 61 heavy (non-hydrogen) atoms. The summed E-state index contributed by atoms with van der Waals surface area (Å²) in [5.41, 5.74) is 6.69. The Morgan fingerprint density at radius 2 is 0.852 bits per heavy atom. The standard InChI is InChI=1S/C56H74N4O/c1-5-9-13-17-25-45-41-57-53(58-42-45)55(35-23-11-7-3)37-31-49(32-38-55)51(47-27-19-15-20-28-47)61-52(48-29-21-16-22-30-48)50-33-39-56(40-34-50,36-24-12-8-4)54-59-43-46(44-60-54)26-18-14-10-6-2/h15-16,19-22,27-34,37,39,41-44,51-52H,5-14,17-18,23-26,35-36,38,40H2,1-4H3. The predicted molar refractivity (Wildman–Crippen MR) is 255 cm³/mol. The van der Waals surface area contributed by atoms with E-state index in [0.29, 0.717) is 0 Å². The highest BCUT2D eigenvalue weighted by Crippen LogP contribution is 2.45. The van der Waals surface area contributed by atoms with E-state index in [1.165, 1.54) is 99.3 Å². The molecule has 0 spiro atoms. The lowest BCUT2D eigenvalue weighted by Crippen LogP contribution is -2.29. The summed E-state index contributed by atoms with van der Waals surface area (Å²) in [6.45, 7) is 9.08. The molecule has 0 amide bonds. The van der Waals surface area contributed by atoms with Gasteiger partial charge in [0, 0.05) is 24.8 Å². The van der Waals surface area contributed by atoms with Gasteiger partial charge in [0.1, 0.15) is 23.9 Å². The maximum Gasteiger partial charge on any atom is 0.138 e. The summed E-state index contributed by atoms with van der Waals surface area (Å²) in [6, 6.07) is 21.5. The van der Waals surface area contributed by atoms with Gasteiger partial charge in [-0.3, -0.25) is 0 Å². The zero-order valence-electron chi connectivity index (χ0n) is 38.0. The SMILES string of the molecule is CCCCCCc1cnc(C2(CCCCC)C=CC(C(OC(C3=CCC(CCCCC)(c4ncc(CCCCCC)cn4)C=C3)c3ccccc3)c3ccccc3)=CC2)nc1. The molecule has 0 saturated carbocycles. The average molecular weight is 819 g/mol. The van der Waals surface area contributed by atoms with Crippen LogP contribution in [0.15, 0.2) is 133 Å². The predicted octanol–water partition coefficient (Wildman–Crippen LogP) is 15.1. The average Bonchev–Trinajstić information content (AvgIpc) is 3.31. The second kappa shape index (κ2) is 24.2. The topological polar surface area (TPSA) is 60.8 Å². The Morgan fingerprint density at radius 3 is 1.20 bits per heavy atom. The van der Waals surface area contributed by atoms with Crippen molar-refractivity contribution in [2.75, 3.05) is 0 Å². The molecule has 2 aliphatic rings. The third-order valence-electron chi connectivity index (χ3n) is 13.1. The fourth-order valence-electron chi connectivity index (χ4n) is 9.16. The first-order chi connectivity index (χ1) is 30.0. The fourth-order valence-corrected chi connectivity index (χ4v) is 9.16. The van der Waals surface area contributed by atoms with Gasteiger partial charge < -0.3 is 4.74 Å². The molecule has 324 valence electrons. The Bertz CT molecular complexity index is 1840. The lowest BCUT2D eigenvalue weighted by Gasteiger charge is -2.35. The van der Waals surface area contributed by atoms with E-state index in [0.717, 1.165) is 74.1 Å². The highest BCUT2D eigenvalue weighted by atomic mass is 16.5. The van der Waals surface area contributed by atoms with Crippen molar-refractivity contribution in [1.29, 1.82) is 0 Å². The monoisotopic (exact) mass is 819 g/mol. The highest BCUT2D eigenvalue weighted by Gasteiger charge is 2.37. The van der Waals surface area contributed by atoms with Crippen molar-refractivity contribution in [2.45, 2.75) is 179 Å². The molecule has 4 aromatic rings. The van der Waals surface area contributed by atoms with Crippen molar-refractivity contribution < 1.29 is 4.74 Å². The number of nitrogens with zero attached hydrogens (tertiary/aromatic N) is 4. The number of hydrogen-bond donors (Lipinski definition) is 0. The van der Waals surface area contributed by atoms with E-state index >= 15 is 0 Å². The summed E-state index contributed by atoms with van der Waals surface area (Å²) in [6.07, 6.45) is 45.1. The van der Waals surface area contributed by atoms with Gasteiger partial charge >= 0.3 is 0 Å². The van der Waals surface area contributed by atoms with Crippen LogP contribution in [0.1, 0.15) is 189 Å². The minimum Gasteiger partial charge on any atom is -0.356 e. The first-order valence-corrected chi connectivity index (χ1v) is 24.2. The highest BCUT2D eigenvalue weighted by molar-refractivity contribution is 5.43. The second-order valence-electron chi connectivity index (χ2n) is 17.9. The molecule has 2 aliphatic carbocycles. The normalized spacial score (nSPS) is 19.7. The summed E-state index contributed by atoms with van der Waals surface area (Å²) >= 11 is 0. The van der Waals surface area contributed by atoms with Gasteiger partial charge in [0.25, 0.3) is 0 Å². The first-order valence-electron chi connectivity index (χ1n) is 24.2.